The summed E-state index contributed by atoms with van der Waals surface area (Å²) in [6, 6.07) is 0.472. The van der Waals surface area contributed by atoms with Crippen LogP contribution in [0.1, 0.15) is 19.3 Å². The van der Waals surface area contributed by atoms with Crippen molar-refractivity contribution in [1.29, 1.82) is 5.41 Å². The molecule has 74 valence electrons. The molecule has 0 unspecified atom stereocenters. The first-order valence-electron chi connectivity index (χ1n) is 4.97. The number of ether oxygens (including phenoxy) is 1. The van der Waals surface area contributed by atoms with Crippen molar-refractivity contribution in [2.45, 2.75) is 25.3 Å². The molecule has 1 aliphatic carbocycles. The second kappa shape index (κ2) is 3.54. The summed E-state index contributed by atoms with van der Waals surface area (Å²) in [7, 11) is 0. The average Bonchev–Trinajstić information content (AvgIpc) is 2.44. The topological polar surface area (TPSA) is 62.3 Å². The van der Waals surface area contributed by atoms with Gasteiger partial charge in [0.2, 0.25) is 0 Å². The number of guanidine groups is 1. The van der Waals surface area contributed by atoms with Crippen molar-refractivity contribution < 1.29 is 4.74 Å². The van der Waals surface area contributed by atoms with Crippen LogP contribution in [0.3, 0.4) is 0 Å². The Labute approximate surface area is 78.5 Å². The lowest BCUT2D eigenvalue weighted by Gasteiger charge is -2.29. The zero-order chi connectivity index (χ0) is 9.26. The maximum atomic E-state index is 7.49. The summed E-state index contributed by atoms with van der Waals surface area (Å²) in [6.07, 6.45) is 3.66. The van der Waals surface area contributed by atoms with E-state index in [4.69, 9.17) is 15.9 Å². The number of hydrogen-bond donors (Lipinski definition) is 2. The monoisotopic (exact) mass is 183 g/mol. The van der Waals surface area contributed by atoms with Crippen molar-refractivity contribution >= 4 is 5.96 Å². The van der Waals surface area contributed by atoms with Crippen molar-refractivity contribution in [1.82, 2.24) is 4.90 Å². The van der Waals surface area contributed by atoms with Gasteiger partial charge in [-0.15, -0.1) is 0 Å². The second-order valence-electron chi connectivity index (χ2n) is 3.91. The number of rotatable bonds is 0. The molecule has 1 aliphatic heterocycles. The van der Waals surface area contributed by atoms with E-state index in [0.29, 0.717) is 18.6 Å². The summed E-state index contributed by atoms with van der Waals surface area (Å²) in [5, 5.41) is 7.49. The van der Waals surface area contributed by atoms with Gasteiger partial charge in [-0.25, -0.2) is 0 Å². The quantitative estimate of drug-likeness (QED) is 0.421. The first kappa shape index (κ1) is 8.81. The van der Waals surface area contributed by atoms with Gasteiger partial charge in [0.05, 0.1) is 13.2 Å². The molecule has 1 saturated carbocycles. The van der Waals surface area contributed by atoms with Crippen LogP contribution in [-0.4, -0.2) is 36.7 Å². The Balaban J connectivity index is 2.10. The maximum Gasteiger partial charge on any atom is 0.188 e. The van der Waals surface area contributed by atoms with Gasteiger partial charge in [-0.2, -0.15) is 0 Å². The van der Waals surface area contributed by atoms with E-state index in [1.165, 1.54) is 19.3 Å². The van der Waals surface area contributed by atoms with Crippen LogP contribution >= 0.6 is 0 Å². The van der Waals surface area contributed by atoms with Gasteiger partial charge in [0.25, 0.3) is 0 Å². The largest absolute Gasteiger partial charge is 0.379 e. The van der Waals surface area contributed by atoms with Gasteiger partial charge in [-0.05, 0) is 12.8 Å². The SMILES string of the molecule is N=C(N)N1CCOC[C@H]2CCC[C@@H]21. The highest BCUT2D eigenvalue weighted by Crippen LogP contribution is 2.31. The third-order valence-corrected chi connectivity index (χ3v) is 3.14. The molecule has 0 radical (unpaired) electrons. The zero-order valence-corrected chi connectivity index (χ0v) is 7.83. The molecule has 0 bridgehead atoms. The van der Waals surface area contributed by atoms with E-state index in [0.717, 1.165) is 13.2 Å². The minimum absolute atomic E-state index is 0.211. The Kier molecular flexibility index (Phi) is 2.40. The molecule has 13 heavy (non-hydrogen) atoms. The zero-order valence-electron chi connectivity index (χ0n) is 7.83. The lowest BCUT2D eigenvalue weighted by atomic mass is 10.0. The van der Waals surface area contributed by atoms with Crippen molar-refractivity contribution in [3.05, 3.63) is 0 Å². The van der Waals surface area contributed by atoms with Crippen LogP contribution in [0.4, 0.5) is 0 Å². The van der Waals surface area contributed by atoms with Gasteiger partial charge < -0.3 is 15.4 Å². The second-order valence-corrected chi connectivity index (χ2v) is 3.91. The predicted octanol–water partition coefficient (Wildman–Crippen LogP) is 0.381. The molecular formula is C9H17N3O. The van der Waals surface area contributed by atoms with Crippen LogP contribution in [0.25, 0.3) is 0 Å². The van der Waals surface area contributed by atoms with Crippen LogP contribution in [-0.2, 0) is 4.74 Å². The lowest BCUT2D eigenvalue weighted by Crippen LogP contribution is -2.46. The normalized spacial score (nSPS) is 34.0. The van der Waals surface area contributed by atoms with Crippen molar-refractivity contribution in [2.24, 2.45) is 11.7 Å². The van der Waals surface area contributed by atoms with Crippen LogP contribution in [0.5, 0.6) is 0 Å². The van der Waals surface area contributed by atoms with Gasteiger partial charge in [-0.3, -0.25) is 5.41 Å². The number of fused-ring (bicyclic) bond motifs is 1. The van der Waals surface area contributed by atoms with E-state index in [1.54, 1.807) is 0 Å². The Morgan fingerprint density at radius 2 is 2.31 bits per heavy atom. The first-order chi connectivity index (χ1) is 6.29. The summed E-state index contributed by atoms with van der Waals surface area (Å²) >= 11 is 0. The van der Waals surface area contributed by atoms with E-state index in [-0.39, 0.29) is 5.96 Å². The maximum absolute atomic E-state index is 7.49. The average molecular weight is 183 g/mol. The number of nitrogens with one attached hydrogen (secondary N) is 1. The van der Waals surface area contributed by atoms with Crippen molar-refractivity contribution in [2.75, 3.05) is 19.8 Å². The molecule has 2 atom stereocenters. The van der Waals surface area contributed by atoms with Crippen LogP contribution < -0.4 is 5.73 Å². The third kappa shape index (κ3) is 1.63. The molecule has 4 nitrogen and oxygen atoms in total. The van der Waals surface area contributed by atoms with E-state index >= 15 is 0 Å². The summed E-state index contributed by atoms with van der Waals surface area (Å²) in [5.74, 6) is 0.814. The van der Waals surface area contributed by atoms with Gasteiger partial charge >= 0.3 is 0 Å². The first-order valence-corrected chi connectivity index (χ1v) is 4.97. The minimum Gasteiger partial charge on any atom is -0.379 e. The summed E-state index contributed by atoms with van der Waals surface area (Å²) < 4.78 is 5.49. The molecule has 1 saturated heterocycles. The molecule has 0 aromatic rings. The molecular weight excluding hydrogens is 166 g/mol. The number of nitrogens with two attached hydrogens (primary N) is 1. The molecule has 0 aromatic carbocycles. The fourth-order valence-electron chi connectivity index (χ4n) is 2.48. The van der Waals surface area contributed by atoms with E-state index in [1.807, 2.05) is 4.90 Å². The fraction of sp³-hybridized carbons (Fsp3) is 0.889. The van der Waals surface area contributed by atoms with E-state index in [2.05, 4.69) is 0 Å². The summed E-state index contributed by atoms with van der Waals surface area (Å²) in [6.45, 7) is 2.36. The van der Waals surface area contributed by atoms with Crippen LogP contribution in [0.15, 0.2) is 0 Å². The summed E-state index contributed by atoms with van der Waals surface area (Å²) in [5.41, 5.74) is 5.55. The molecule has 2 fully saturated rings. The van der Waals surface area contributed by atoms with E-state index in [9.17, 15) is 0 Å². The van der Waals surface area contributed by atoms with Gasteiger partial charge in [0.15, 0.2) is 5.96 Å². The van der Waals surface area contributed by atoms with Crippen LogP contribution in [0.2, 0.25) is 0 Å². The fourth-order valence-corrected chi connectivity index (χ4v) is 2.48. The smallest absolute Gasteiger partial charge is 0.188 e. The molecule has 2 aliphatic rings. The highest BCUT2D eigenvalue weighted by atomic mass is 16.5. The Hall–Kier alpha value is -0.770. The third-order valence-electron chi connectivity index (χ3n) is 3.14. The van der Waals surface area contributed by atoms with Gasteiger partial charge in [0.1, 0.15) is 0 Å². The van der Waals surface area contributed by atoms with E-state index < -0.39 is 0 Å². The van der Waals surface area contributed by atoms with Gasteiger partial charge in [-0.1, -0.05) is 6.42 Å². The minimum atomic E-state index is 0.211. The highest BCUT2D eigenvalue weighted by molar-refractivity contribution is 5.75. The van der Waals surface area contributed by atoms with Crippen molar-refractivity contribution in [3.8, 4) is 0 Å². The number of nitrogens with zero attached hydrogens (tertiary/aromatic N) is 1. The molecule has 3 N–H and O–H groups in total. The molecule has 0 aromatic heterocycles. The Morgan fingerprint density at radius 1 is 1.46 bits per heavy atom. The molecule has 4 heteroatoms. The van der Waals surface area contributed by atoms with Crippen molar-refractivity contribution in [3.63, 3.8) is 0 Å². The predicted molar refractivity (Wildman–Crippen MR) is 50.6 cm³/mol. The highest BCUT2D eigenvalue weighted by Gasteiger charge is 2.34. The Morgan fingerprint density at radius 3 is 3.08 bits per heavy atom. The van der Waals surface area contributed by atoms with Crippen LogP contribution in [0, 0.1) is 11.3 Å². The number of hydrogen-bond acceptors (Lipinski definition) is 2. The van der Waals surface area contributed by atoms with Gasteiger partial charge in [0, 0.05) is 18.5 Å². The Bertz CT molecular complexity index is 207. The molecule has 2 rings (SSSR count). The summed E-state index contributed by atoms with van der Waals surface area (Å²) in [4.78, 5) is 2.00. The molecule has 1 heterocycles. The standard InChI is InChI=1S/C9H17N3O/c10-9(11)12-4-5-13-6-7-2-1-3-8(7)12/h7-8H,1-6H2,(H3,10,11)/t7-,8+/m1/s1. The molecule has 0 spiro atoms. The lowest BCUT2D eigenvalue weighted by molar-refractivity contribution is 0.121. The molecule has 0 amide bonds.